The maximum Gasteiger partial charge on any atom is 0.189 e. The third-order valence-electron chi connectivity index (χ3n) is 9.55. The lowest BCUT2D eigenvalue weighted by atomic mass is 10.1. The Morgan fingerprint density at radius 1 is 0.532 bits per heavy atom. The molecule has 10 rings (SSSR count). The Labute approximate surface area is 271 Å². The highest BCUT2D eigenvalue weighted by atomic mass is 15.5. The summed E-state index contributed by atoms with van der Waals surface area (Å²) < 4.78 is 4.84. The van der Waals surface area contributed by atoms with Gasteiger partial charge in [-0.05, 0) is 54.1 Å². The lowest BCUT2D eigenvalue weighted by Gasteiger charge is -2.31. The zero-order valence-electron chi connectivity index (χ0n) is 25.5. The number of fused-ring (bicyclic) bond motifs is 6. The maximum absolute atomic E-state index is 5.21. The highest BCUT2D eigenvalue weighted by molar-refractivity contribution is 6.18. The second-order valence-corrected chi connectivity index (χ2v) is 12.2. The summed E-state index contributed by atoms with van der Waals surface area (Å²) in [5, 5.41) is 12.5. The molecule has 47 heavy (non-hydrogen) atoms. The van der Waals surface area contributed by atoms with Gasteiger partial charge in [-0.3, -0.25) is 4.90 Å². The summed E-state index contributed by atoms with van der Waals surface area (Å²) in [5.41, 5.74) is 9.07. The molecule has 2 aromatic heterocycles. The average Bonchev–Trinajstić information content (AvgIpc) is 3.78. The molecule has 224 valence electrons. The minimum Gasteiger partial charge on any atom is -0.363 e. The van der Waals surface area contributed by atoms with Gasteiger partial charge in [0.15, 0.2) is 17.9 Å². The van der Waals surface area contributed by atoms with Gasteiger partial charge in [0.25, 0.3) is 0 Å². The lowest BCUT2D eigenvalue weighted by Crippen LogP contribution is -2.38. The van der Waals surface area contributed by atoms with Crippen LogP contribution in [0, 0.1) is 0 Å². The van der Waals surface area contributed by atoms with Crippen LogP contribution in [0.5, 0.6) is 0 Å². The fourth-order valence-corrected chi connectivity index (χ4v) is 7.50. The Morgan fingerprint density at radius 2 is 1.13 bits per heavy atom. The van der Waals surface area contributed by atoms with E-state index in [1.54, 1.807) is 0 Å². The number of nitrogens with zero attached hydrogens (tertiary/aromatic N) is 4. The fourth-order valence-electron chi connectivity index (χ4n) is 7.50. The number of anilines is 1. The molecular weight excluding hydrogens is 576 g/mol. The summed E-state index contributed by atoms with van der Waals surface area (Å²) in [7, 11) is 0. The van der Waals surface area contributed by atoms with Crippen molar-refractivity contribution in [3.8, 4) is 5.69 Å². The molecule has 1 atom stereocenters. The van der Waals surface area contributed by atoms with E-state index in [4.69, 9.17) is 4.99 Å². The Bertz CT molecular complexity index is 2540. The molecule has 2 N–H and O–H groups in total. The SMILES string of the molecule is c1ccc(C2=NC3=C(NC2)N(c2ccccc2)C(n2c4ccccc4c4cc5c6ccccc6n(-c6ccccc6)c5cc42)N3)cc1. The smallest absolute Gasteiger partial charge is 0.189 e. The molecule has 0 bridgehead atoms. The quantitative estimate of drug-likeness (QED) is 0.211. The number of hydrogen-bond donors (Lipinski definition) is 2. The summed E-state index contributed by atoms with van der Waals surface area (Å²) in [5.74, 6) is 1.82. The number of benzene rings is 6. The van der Waals surface area contributed by atoms with Crippen LogP contribution in [0.1, 0.15) is 11.9 Å². The molecule has 0 spiro atoms. The van der Waals surface area contributed by atoms with E-state index in [9.17, 15) is 0 Å². The van der Waals surface area contributed by atoms with Crippen molar-refractivity contribution < 1.29 is 0 Å². The van der Waals surface area contributed by atoms with Gasteiger partial charge in [0.1, 0.15) is 0 Å². The van der Waals surface area contributed by atoms with Gasteiger partial charge in [-0.25, -0.2) is 4.99 Å². The number of rotatable bonds is 4. The van der Waals surface area contributed by atoms with Crippen LogP contribution in [0.2, 0.25) is 0 Å². The van der Waals surface area contributed by atoms with Crippen LogP contribution >= 0.6 is 0 Å². The zero-order chi connectivity index (χ0) is 30.9. The van der Waals surface area contributed by atoms with Gasteiger partial charge < -0.3 is 19.8 Å². The molecule has 6 nitrogen and oxygen atoms in total. The van der Waals surface area contributed by atoms with Crippen molar-refractivity contribution in [2.45, 2.75) is 6.29 Å². The van der Waals surface area contributed by atoms with Crippen molar-refractivity contribution in [1.82, 2.24) is 19.8 Å². The molecule has 0 fully saturated rings. The molecule has 1 unspecified atom stereocenters. The minimum absolute atomic E-state index is 0.261. The first kappa shape index (κ1) is 26.0. The first-order valence-corrected chi connectivity index (χ1v) is 16.1. The van der Waals surface area contributed by atoms with E-state index in [0.29, 0.717) is 6.54 Å². The van der Waals surface area contributed by atoms with Crippen LogP contribution in [0.25, 0.3) is 49.3 Å². The van der Waals surface area contributed by atoms with Crippen LogP contribution in [0.15, 0.2) is 168 Å². The third-order valence-corrected chi connectivity index (χ3v) is 9.55. The van der Waals surface area contributed by atoms with Gasteiger partial charge >= 0.3 is 0 Å². The first-order chi connectivity index (χ1) is 23.3. The van der Waals surface area contributed by atoms with Gasteiger partial charge in [0.05, 0.1) is 34.3 Å². The van der Waals surface area contributed by atoms with Gasteiger partial charge in [-0.15, -0.1) is 0 Å². The molecule has 0 aliphatic carbocycles. The van der Waals surface area contributed by atoms with Gasteiger partial charge in [0.2, 0.25) is 0 Å². The summed E-state index contributed by atoms with van der Waals surface area (Å²) in [6.45, 7) is 0.644. The lowest BCUT2D eigenvalue weighted by molar-refractivity contribution is 0.493. The van der Waals surface area contributed by atoms with Crippen molar-refractivity contribution in [3.63, 3.8) is 0 Å². The predicted molar refractivity (Wildman–Crippen MR) is 193 cm³/mol. The zero-order valence-corrected chi connectivity index (χ0v) is 25.5. The monoisotopic (exact) mass is 606 g/mol. The topological polar surface area (TPSA) is 49.5 Å². The van der Waals surface area contributed by atoms with Crippen molar-refractivity contribution in [2.75, 3.05) is 11.4 Å². The van der Waals surface area contributed by atoms with E-state index >= 15 is 0 Å². The number of nitrogens with one attached hydrogen (secondary N) is 2. The summed E-state index contributed by atoms with van der Waals surface area (Å²) >= 11 is 0. The molecule has 6 aromatic carbocycles. The minimum atomic E-state index is -0.261. The van der Waals surface area contributed by atoms with Gasteiger partial charge in [-0.2, -0.15) is 0 Å². The third kappa shape index (κ3) is 3.88. The van der Waals surface area contributed by atoms with E-state index in [1.165, 1.54) is 32.6 Å². The molecule has 8 aromatic rings. The molecule has 2 aliphatic heterocycles. The molecule has 6 heteroatoms. The van der Waals surface area contributed by atoms with Crippen LogP contribution in [-0.2, 0) is 0 Å². The number of hydrogen-bond acceptors (Lipinski definition) is 4. The second kappa shape index (κ2) is 10.1. The number of aliphatic imine (C=N–C) groups is 1. The average molecular weight is 607 g/mol. The Morgan fingerprint density at radius 3 is 1.87 bits per heavy atom. The highest BCUT2D eigenvalue weighted by Crippen LogP contribution is 2.42. The normalized spacial score (nSPS) is 16.1. The Kier molecular flexibility index (Phi) is 5.60. The van der Waals surface area contributed by atoms with Crippen LogP contribution in [0.3, 0.4) is 0 Å². The van der Waals surface area contributed by atoms with Crippen molar-refractivity contribution >= 4 is 55.0 Å². The molecule has 0 radical (unpaired) electrons. The van der Waals surface area contributed by atoms with E-state index in [-0.39, 0.29) is 6.29 Å². The molecule has 2 aliphatic rings. The Hall–Kier alpha value is -6.27. The molecule has 4 heterocycles. The predicted octanol–water partition coefficient (Wildman–Crippen LogP) is 8.68. The van der Waals surface area contributed by atoms with Crippen LogP contribution in [-0.4, -0.2) is 21.4 Å². The standard InChI is InChI=1S/C41H30N6/c1-4-14-27(15-5-1)34-26-42-40-39(43-34)44-41(46(40)29-18-8-3-9-19-29)47-36-23-13-11-21-31(36)33-24-32-30-20-10-12-22-35(30)45(37(32)25-38(33)47)28-16-6-2-7-17-28/h1-25,41-42,44H,26H2. The molecule has 0 amide bonds. The van der Waals surface area contributed by atoms with Crippen molar-refractivity contribution in [1.29, 1.82) is 0 Å². The summed E-state index contributed by atoms with van der Waals surface area (Å²) in [4.78, 5) is 7.56. The van der Waals surface area contributed by atoms with Gasteiger partial charge in [0, 0.05) is 32.9 Å². The van der Waals surface area contributed by atoms with Crippen LogP contribution in [0.4, 0.5) is 5.69 Å². The summed E-state index contributed by atoms with van der Waals surface area (Å²) in [6, 6.07) is 53.9. The molecule has 0 saturated carbocycles. The fraction of sp³-hybridized carbons (Fsp3) is 0.0488. The van der Waals surface area contributed by atoms with Crippen molar-refractivity contribution in [2.24, 2.45) is 4.99 Å². The largest absolute Gasteiger partial charge is 0.363 e. The Balaban J connectivity index is 1.24. The summed E-state index contributed by atoms with van der Waals surface area (Å²) in [6.07, 6.45) is -0.261. The first-order valence-electron chi connectivity index (χ1n) is 16.1. The molecule has 0 saturated heterocycles. The van der Waals surface area contributed by atoms with E-state index in [0.717, 1.165) is 45.3 Å². The molecular formula is C41H30N6. The number of para-hydroxylation sites is 4. The second-order valence-electron chi connectivity index (χ2n) is 12.2. The van der Waals surface area contributed by atoms with E-state index in [2.05, 4.69) is 170 Å². The highest BCUT2D eigenvalue weighted by Gasteiger charge is 2.37. The number of aromatic nitrogens is 2. The van der Waals surface area contributed by atoms with E-state index < -0.39 is 0 Å². The van der Waals surface area contributed by atoms with Crippen molar-refractivity contribution in [3.05, 3.63) is 169 Å². The van der Waals surface area contributed by atoms with Crippen LogP contribution < -0.4 is 15.5 Å². The maximum atomic E-state index is 5.21. The van der Waals surface area contributed by atoms with E-state index in [1.807, 2.05) is 6.07 Å². The van der Waals surface area contributed by atoms with Gasteiger partial charge in [-0.1, -0.05) is 103 Å².